The number of oxime groups is 1. The highest BCUT2D eigenvalue weighted by Crippen LogP contribution is 2.15. The van der Waals surface area contributed by atoms with E-state index >= 15 is 0 Å². The summed E-state index contributed by atoms with van der Waals surface area (Å²) in [6, 6.07) is 0. The molecule has 6 nitrogen and oxygen atoms in total. The van der Waals surface area contributed by atoms with Crippen LogP contribution in [-0.4, -0.2) is 61.5 Å². The van der Waals surface area contributed by atoms with Crippen molar-refractivity contribution in [2.75, 3.05) is 39.5 Å². The normalized spacial score (nSPS) is 33.1. The molecule has 92 valence electrons. The van der Waals surface area contributed by atoms with Crippen LogP contribution in [0.3, 0.4) is 0 Å². The van der Waals surface area contributed by atoms with E-state index in [9.17, 15) is 0 Å². The molecule has 0 spiro atoms. The first-order valence-corrected chi connectivity index (χ1v) is 5.68. The highest BCUT2D eigenvalue weighted by Gasteiger charge is 2.26. The predicted octanol–water partition coefficient (Wildman–Crippen LogP) is -0.530. The number of rotatable bonds is 3. The molecule has 0 aromatic rings. The topological polar surface area (TPSA) is 80.3 Å². The van der Waals surface area contributed by atoms with Crippen molar-refractivity contribution in [3.05, 3.63) is 0 Å². The highest BCUT2D eigenvalue weighted by molar-refractivity contribution is 5.84. The van der Waals surface area contributed by atoms with Crippen LogP contribution in [0.15, 0.2) is 5.16 Å². The Labute approximate surface area is 95.0 Å². The maximum Gasteiger partial charge on any atom is 0.169 e. The molecule has 2 heterocycles. The summed E-state index contributed by atoms with van der Waals surface area (Å²) >= 11 is 0. The van der Waals surface area contributed by atoms with Crippen molar-refractivity contribution in [1.82, 2.24) is 4.90 Å². The molecule has 6 heteroatoms. The van der Waals surface area contributed by atoms with Crippen LogP contribution in [0.2, 0.25) is 0 Å². The van der Waals surface area contributed by atoms with E-state index in [1.807, 2.05) is 0 Å². The van der Waals surface area contributed by atoms with E-state index in [1.165, 1.54) is 0 Å². The molecule has 2 aliphatic rings. The Bertz CT molecular complexity index is 254. The van der Waals surface area contributed by atoms with E-state index in [2.05, 4.69) is 10.1 Å². The van der Waals surface area contributed by atoms with Crippen molar-refractivity contribution in [1.29, 1.82) is 0 Å². The Morgan fingerprint density at radius 3 is 3.06 bits per heavy atom. The summed E-state index contributed by atoms with van der Waals surface area (Å²) in [7, 11) is 0. The Balaban J connectivity index is 1.81. The van der Waals surface area contributed by atoms with Gasteiger partial charge in [0.15, 0.2) is 5.84 Å². The minimum Gasteiger partial charge on any atom is -0.409 e. The molecule has 2 saturated heterocycles. The molecule has 2 rings (SSSR count). The smallest absolute Gasteiger partial charge is 0.169 e. The maximum absolute atomic E-state index is 8.60. The number of ether oxygens (including phenoxy) is 2. The number of nitrogens with two attached hydrogens (primary N) is 1. The number of morpholine rings is 1. The molecular formula is C10H19N3O3. The Hall–Kier alpha value is -0.850. The fourth-order valence-electron chi connectivity index (χ4n) is 2.20. The summed E-state index contributed by atoms with van der Waals surface area (Å²) in [6.45, 7) is 4.98. The number of amidine groups is 1. The average molecular weight is 229 g/mol. The van der Waals surface area contributed by atoms with Gasteiger partial charge in [-0.05, 0) is 12.3 Å². The molecule has 2 atom stereocenters. The van der Waals surface area contributed by atoms with Crippen molar-refractivity contribution in [2.24, 2.45) is 16.8 Å². The zero-order valence-electron chi connectivity index (χ0n) is 9.34. The fourth-order valence-corrected chi connectivity index (χ4v) is 2.20. The maximum atomic E-state index is 8.60. The SMILES string of the molecule is NC(=NO)C1CN(CC2CCOC2)CCO1. The second-order valence-corrected chi connectivity index (χ2v) is 4.37. The lowest BCUT2D eigenvalue weighted by molar-refractivity contribution is -0.00152. The number of hydrogen-bond acceptors (Lipinski definition) is 5. The third-order valence-electron chi connectivity index (χ3n) is 3.14. The summed E-state index contributed by atoms with van der Waals surface area (Å²) < 4.78 is 10.8. The van der Waals surface area contributed by atoms with Gasteiger partial charge in [-0.2, -0.15) is 0 Å². The van der Waals surface area contributed by atoms with Gasteiger partial charge in [-0.25, -0.2) is 0 Å². The van der Waals surface area contributed by atoms with Gasteiger partial charge in [0.2, 0.25) is 0 Å². The molecule has 0 aromatic carbocycles. The second kappa shape index (κ2) is 5.47. The third-order valence-corrected chi connectivity index (χ3v) is 3.14. The van der Waals surface area contributed by atoms with E-state index in [4.69, 9.17) is 20.4 Å². The predicted molar refractivity (Wildman–Crippen MR) is 58.5 cm³/mol. The number of nitrogens with zero attached hydrogens (tertiary/aromatic N) is 2. The van der Waals surface area contributed by atoms with Crippen LogP contribution >= 0.6 is 0 Å². The molecule has 3 N–H and O–H groups in total. The minimum atomic E-state index is -0.277. The minimum absolute atomic E-state index is 0.160. The van der Waals surface area contributed by atoms with E-state index in [-0.39, 0.29) is 11.9 Å². The summed E-state index contributed by atoms with van der Waals surface area (Å²) in [5.74, 6) is 0.776. The Kier molecular flexibility index (Phi) is 3.98. The van der Waals surface area contributed by atoms with Gasteiger partial charge in [0.1, 0.15) is 6.10 Å². The quantitative estimate of drug-likeness (QED) is 0.294. The molecule has 0 radical (unpaired) electrons. The lowest BCUT2D eigenvalue weighted by atomic mass is 10.1. The lowest BCUT2D eigenvalue weighted by Gasteiger charge is -2.33. The highest BCUT2D eigenvalue weighted by atomic mass is 16.5. The van der Waals surface area contributed by atoms with Crippen LogP contribution in [0.5, 0.6) is 0 Å². The molecule has 2 unspecified atom stereocenters. The standard InChI is InChI=1S/C10H19N3O3/c11-10(12-14)9-6-13(2-4-16-9)5-8-1-3-15-7-8/h8-9,14H,1-7H2,(H2,11,12). The van der Waals surface area contributed by atoms with Crippen LogP contribution in [0.25, 0.3) is 0 Å². The zero-order valence-corrected chi connectivity index (χ0v) is 9.34. The van der Waals surface area contributed by atoms with Gasteiger partial charge in [0, 0.05) is 26.2 Å². The molecule has 0 aliphatic carbocycles. The van der Waals surface area contributed by atoms with E-state index in [0.717, 1.165) is 32.7 Å². The van der Waals surface area contributed by atoms with E-state index in [1.54, 1.807) is 0 Å². The largest absolute Gasteiger partial charge is 0.409 e. The Morgan fingerprint density at radius 1 is 1.50 bits per heavy atom. The third kappa shape index (κ3) is 2.84. The molecular weight excluding hydrogens is 210 g/mol. The van der Waals surface area contributed by atoms with Gasteiger partial charge in [-0.1, -0.05) is 5.16 Å². The Morgan fingerprint density at radius 2 is 2.38 bits per heavy atom. The van der Waals surface area contributed by atoms with Crippen molar-refractivity contribution in [2.45, 2.75) is 12.5 Å². The van der Waals surface area contributed by atoms with Crippen LogP contribution in [0, 0.1) is 5.92 Å². The number of hydrogen-bond donors (Lipinski definition) is 2. The molecule has 2 aliphatic heterocycles. The van der Waals surface area contributed by atoms with E-state index < -0.39 is 0 Å². The molecule has 0 bridgehead atoms. The van der Waals surface area contributed by atoms with Gasteiger partial charge in [0.05, 0.1) is 13.2 Å². The van der Waals surface area contributed by atoms with Crippen molar-refractivity contribution in [3.63, 3.8) is 0 Å². The molecule has 2 fully saturated rings. The van der Waals surface area contributed by atoms with Gasteiger partial charge in [0.25, 0.3) is 0 Å². The van der Waals surface area contributed by atoms with Gasteiger partial charge in [-0.15, -0.1) is 0 Å². The fraction of sp³-hybridized carbons (Fsp3) is 0.900. The lowest BCUT2D eigenvalue weighted by Crippen LogP contribution is -2.49. The van der Waals surface area contributed by atoms with Crippen LogP contribution in [0.4, 0.5) is 0 Å². The van der Waals surface area contributed by atoms with Gasteiger partial charge >= 0.3 is 0 Å². The zero-order chi connectivity index (χ0) is 11.4. The van der Waals surface area contributed by atoms with Crippen molar-refractivity contribution in [3.8, 4) is 0 Å². The molecule has 16 heavy (non-hydrogen) atoms. The average Bonchev–Trinajstić information content (AvgIpc) is 2.81. The summed E-state index contributed by atoms with van der Waals surface area (Å²) in [5, 5.41) is 11.6. The van der Waals surface area contributed by atoms with Gasteiger partial charge in [-0.3, -0.25) is 4.90 Å². The van der Waals surface area contributed by atoms with Crippen LogP contribution in [0.1, 0.15) is 6.42 Å². The second-order valence-electron chi connectivity index (χ2n) is 4.37. The van der Waals surface area contributed by atoms with Gasteiger partial charge < -0.3 is 20.4 Å². The molecule has 0 saturated carbocycles. The molecule has 0 aromatic heterocycles. The molecule has 0 amide bonds. The van der Waals surface area contributed by atoms with Crippen LogP contribution < -0.4 is 5.73 Å². The first-order chi connectivity index (χ1) is 7.79. The van der Waals surface area contributed by atoms with Crippen LogP contribution in [-0.2, 0) is 9.47 Å². The van der Waals surface area contributed by atoms with E-state index in [0.29, 0.717) is 19.1 Å². The summed E-state index contributed by atoms with van der Waals surface area (Å²) in [6.07, 6.45) is 0.854. The van der Waals surface area contributed by atoms with Crippen molar-refractivity contribution < 1.29 is 14.7 Å². The summed E-state index contributed by atoms with van der Waals surface area (Å²) in [4.78, 5) is 2.30. The monoisotopic (exact) mass is 229 g/mol. The first kappa shape index (κ1) is 11.6. The van der Waals surface area contributed by atoms with Crippen molar-refractivity contribution >= 4 is 5.84 Å². The first-order valence-electron chi connectivity index (χ1n) is 5.68. The summed E-state index contributed by atoms with van der Waals surface area (Å²) in [5.41, 5.74) is 5.54.